The molecule has 0 saturated heterocycles. The quantitative estimate of drug-likeness (QED) is 0.227. The fourth-order valence-electron chi connectivity index (χ4n) is 1.18. The van der Waals surface area contributed by atoms with Crippen LogP contribution in [-0.4, -0.2) is 43.1 Å². The fourth-order valence-corrected chi connectivity index (χ4v) is 1.68. The van der Waals surface area contributed by atoms with Crippen LogP contribution in [0.4, 0.5) is 0 Å². The second kappa shape index (κ2) is 11.0. The molecule has 0 fully saturated rings. The molecule has 18 heavy (non-hydrogen) atoms. The first-order valence-electron chi connectivity index (χ1n) is 5.72. The molecule has 0 heterocycles. The van der Waals surface area contributed by atoms with Crippen LogP contribution in [0, 0.1) is 0 Å². The van der Waals surface area contributed by atoms with Crippen LogP contribution in [-0.2, 0) is 14.9 Å². The summed E-state index contributed by atoms with van der Waals surface area (Å²) < 4.78 is 31.1. The van der Waals surface area contributed by atoms with Crippen LogP contribution in [0.5, 0.6) is 0 Å². The maximum absolute atomic E-state index is 11.4. The molecule has 0 aliphatic heterocycles. The number of carbonyl (C=O) groups is 1. The van der Waals surface area contributed by atoms with Gasteiger partial charge in [-0.3, -0.25) is 4.79 Å². The zero-order chi connectivity index (χ0) is 13.3. The van der Waals surface area contributed by atoms with Crippen LogP contribution >= 0.6 is 0 Å². The van der Waals surface area contributed by atoms with Crippen molar-refractivity contribution < 1.29 is 47.3 Å². The molecule has 5 nitrogen and oxygen atoms in total. The van der Waals surface area contributed by atoms with Gasteiger partial charge in [-0.25, -0.2) is 8.42 Å². The monoisotopic (exact) mass is 285 g/mol. The first kappa shape index (κ1) is 20.4. The summed E-state index contributed by atoms with van der Waals surface area (Å²) in [5.74, 6) is -0.816. The molecule has 0 N–H and O–H groups in total. The molecule has 0 aliphatic carbocycles. The normalized spacial score (nSPS) is 11.3. The predicted molar refractivity (Wildman–Crippen MR) is 65.5 cm³/mol. The maximum Gasteiger partial charge on any atom is 1.00 e. The van der Waals surface area contributed by atoms with E-state index < -0.39 is 15.9 Å². The van der Waals surface area contributed by atoms with Crippen LogP contribution in [0.2, 0.25) is 0 Å². The van der Waals surface area contributed by atoms with Gasteiger partial charge in [0.2, 0.25) is 5.91 Å². The Morgan fingerprint density at radius 1 is 1.33 bits per heavy atom. The molecule has 0 unspecified atom stereocenters. The van der Waals surface area contributed by atoms with E-state index in [0.29, 0.717) is 0 Å². The number of allylic oxidation sites excluding steroid dienone is 1. The van der Waals surface area contributed by atoms with Gasteiger partial charge in [-0.1, -0.05) is 25.8 Å². The Kier molecular flexibility index (Phi) is 12.5. The van der Waals surface area contributed by atoms with Gasteiger partial charge in [0.25, 0.3) is 0 Å². The van der Waals surface area contributed by atoms with E-state index in [2.05, 4.69) is 6.92 Å². The number of amides is 1. The summed E-state index contributed by atoms with van der Waals surface area (Å²) >= 11 is 0. The molecule has 0 saturated carbocycles. The molecule has 0 aromatic carbocycles. The molecule has 1 amide bonds. The standard InChI is InChI=1S/C11H21NO4S.Na/c1-3-4-5-6-7-8-11(13)12(2)9-10-17(14,15)16;/h7-8H,3-6,9-10H2,1-2H3,(H,14,15,16);/q;+1/p-1/b8-7+;. The van der Waals surface area contributed by atoms with Gasteiger partial charge in [-0.15, -0.1) is 0 Å². The first-order valence-corrected chi connectivity index (χ1v) is 7.29. The zero-order valence-corrected chi connectivity index (χ0v) is 14.2. The number of unbranched alkanes of at least 4 members (excludes halogenated alkanes) is 3. The van der Waals surface area contributed by atoms with Crippen LogP contribution in [0.1, 0.15) is 32.6 Å². The molecule has 0 aromatic heterocycles. The average Bonchev–Trinajstić information content (AvgIpc) is 2.24. The number of nitrogens with zero attached hydrogens (tertiary/aromatic N) is 1. The van der Waals surface area contributed by atoms with Crippen molar-refractivity contribution in [2.24, 2.45) is 0 Å². The van der Waals surface area contributed by atoms with Crippen molar-refractivity contribution >= 4 is 16.0 Å². The molecule has 0 radical (unpaired) electrons. The number of likely N-dealkylation sites (N-methyl/N-ethyl adjacent to an activating group) is 1. The molecule has 0 aromatic rings. The van der Waals surface area contributed by atoms with Gasteiger partial charge in [-0.2, -0.15) is 0 Å². The Balaban J connectivity index is 0. The summed E-state index contributed by atoms with van der Waals surface area (Å²) in [5.41, 5.74) is 0. The Morgan fingerprint density at radius 2 is 1.94 bits per heavy atom. The number of rotatable bonds is 8. The van der Waals surface area contributed by atoms with Gasteiger partial charge in [0, 0.05) is 13.6 Å². The minimum absolute atomic E-state index is 0. The third-order valence-electron chi connectivity index (χ3n) is 2.29. The van der Waals surface area contributed by atoms with E-state index in [1.54, 1.807) is 6.08 Å². The molecule has 0 rings (SSSR count). The summed E-state index contributed by atoms with van der Waals surface area (Å²) in [6, 6.07) is 0. The predicted octanol–water partition coefficient (Wildman–Crippen LogP) is -1.87. The maximum atomic E-state index is 11.4. The van der Waals surface area contributed by atoms with E-state index >= 15 is 0 Å². The van der Waals surface area contributed by atoms with E-state index in [1.165, 1.54) is 18.0 Å². The zero-order valence-electron chi connectivity index (χ0n) is 11.4. The van der Waals surface area contributed by atoms with E-state index in [1.807, 2.05) is 0 Å². The van der Waals surface area contributed by atoms with Crippen molar-refractivity contribution in [2.75, 3.05) is 19.3 Å². The van der Waals surface area contributed by atoms with Crippen molar-refractivity contribution in [1.29, 1.82) is 0 Å². The molecule has 0 atom stereocenters. The summed E-state index contributed by atoms with van der Waals surface area (Å²) in [6.45, 7) is 2.04. The van der Waals surface area contributed by atoms with Crippen molar-refractivity contribution in [2.45, 2.75) is 32.6 Å². The molecule has 100 valence electrons. The van der Waals surface area contributed by atoms with Crippen molar-refractivity contribution in [1.82, 2.24) is 4.90 Å². The molecular weight excluding hydrogens is 265 g/mol. The largest absolute Gasteiger partial charge is 1.00 e. The molecule has 0 bridgehead atoms. The van der Waals surface area contributed by atoms with Crippen molar-refractivity contribution in [3.05, 3.63) is 12.2 Å². The van der Waals surface area contributed by atoms with Gasteiger partial charge in [0.15, 0.2) is 0 Å². The molecule has 0 aliphatic rings. The number of hydrogen-bond donors (Lipinski definition) is 0. The van der Waals surface area contributed by atoms with Crippen molar-refractivity contribution in [3.8, 4) is 0 Å². The Morgan fingerprint density at radius 3 is 2.44 bits per heavy atom. The summed E-state index contributed by atoms with van der Waals surface area (Å²) in [4.78, 5) is 12.7. The smallest absolute Gasteiger partial charge is 0.748 e. The summed E-state index contributed by atoms with van der Waals surface area (Å²) in [7, 11) is -2.78. The SMILES string of the molecule is CCCCC/C=C/C(=O)N(C)CCS(=O)(=O)[O-].[Na+]. The van der Waals surface area contributed by atoms with Gasteiger partial charge in [0.05, 0.1) is 15.9 Å². The topological polar surface area (TPSA) is 77.5 Å². The van der Waals surface area contributed by atoms with E-state index in [9.17, 15) is 17.8 Å². The van der Waals surface area contributed by atoms with Gasteiger partial charge >= 0.3 is 29.6 Å². The van der Waals surface area contributed by atoms with Gasteiger partial charge < -0.3 is 9.45 Å². The Bertz CT molecular complexity index is 354. The third kappa shape index (κ3) is 12.6. The Labute approximate surface area is 132 Å². The summed E-state index contributed by atoms with van der Waals surface area (Å²) in [6.07, 6.45) is 7.34. The van der Waals surface area contributed by atoms with Crippen LogP contribution in [0.15, 0.2) is 12.2 Å². The second-order valence-electron chi connectivity index (χ2n) is 3.92. The van der Waals surface area contributed by atoms with Gasteiger partial charge in [0.1, 0.15) is 0 Å². The minimum Gasteiger partial charge on any atom is -0.748 e. The molecular formula is C11H20NNaO4S. The van der Waals surface area contributed by atoms with Crippen LogP contribution in [0.25, 0.3) is 0 Å². The molecule has 7 heteroatoms. The van der Waals surface area contributed by atoms with E-state index in [4.69, 9.17) is 0 Å². The number of carbonyl (C=O) groups excluding carboxylic acids is 1. The Hall–Kier alpha value is 0.120. The average molecular weight is 285 g/mol. The molecule has 0 spiro atoms. The van der Waals surface area contributed by atoms with Crippen molar-refractivity contribution in [3.63, 3.8) is 0 Å². The third-order valence-corrected chi connectivity index (χ3v) is 2.97. The van der Waals surface area contributed by atoms with Crippen LogP contribution in [0.3, 0.4) is 0 Å². The number of hydrogen-bond acceptors (Lipinski definition) is 4. The summed E-state index contributed by atoms with van der Waals surface area (Å²) in [5, 5.41) is 0. The first-order chi connectivity index (χ1) is 7.87. The second-order valence-corrected chi connectivity index (χ2v) is 5.44. The van der Waals surface area contributed by atoms with E-state index in [0.717, 1.165) is 25.7 Å². The fraction of sp³-hybridized carbons (Fsp3) is 0.727. The van der Waals surface area contributed by atoms with E-state index in [-0.39, 0.29) is 42.0 Å². The van der Waals surface area contributed by atoms with Crippen LogP contribution < -0.4 is 29.6 Å². The minimum atomic E-state index is -4.25. The van der Waals surface area contributed by atoms with Gasteiger partial charge in [-0.05, 0) is 18.9 Å².